The maximum absolute atomic E-state index is 2.43. The van der Waals surface area contributed by atoms with Crippen LogP contribution in [0.3, 0.4) is 0 Å². The Morgan fingerprint density at radius 1 is 0.250 bits per heavy atom. The van der Waals surface area contributed by atoms with Crippen molar-refractivity contribution in [2.75, 3.05) is 4.90 Å². The average Bonchev–Trinajstić information content (AvgIpc) is 3.72. The van der Waals surface area contributed by atoms with E-state index < -0.39 is 5.41 Å². The summed E-state index contributed by atoms with van der Waals surface area (Å²) in [6.45, 7) is 0. The van der Waals surface area contributed by atoms with Gasteiger partial charge in [-0.05, 0) is 142 Å². The molecule has 0 atom stereocenters. The van der Waals surface area contributed by atoms with E-state index in [9.17, 15) is 0 Å². The largest absolute Gasteiger partial charge is 0.310 e. The minimum atomic E-state index is -0.462. The molecule has 12 aromatic rings. The van der Waals surface area contributed by atoms with E-state index in [1.807, 2.05) is 0 Å². The number of anilines is 3. The third kappa shape index (κ3) is 6.32. The van der Waals surface area contributed by atoms with Crippen LogP contribution in [0.15, 0.2) is 273 Å². The van der Waals surface area contributed by atoms with E-state index in [0.29, 0.717) is 0 Å². The number of hydrogen-bond acceptors (Lipinski definition) is 1. The van der Waals surface area contributed by atoms with Gasteiger partial charge in [0.15, 0.2) is 0 Å². The van der Waals surface area contributed by atoms with E-state index in [2.05, 4.69) is 278 Å². The summed E-state index contributed by atoms with van der Waals surface area (Å²) in [5.41, 5.74) is 17.8. The topological polar surface area (TPSA) is 3.24 Å². The summed E-state index contributed by atoms with van der Waals surface area (Å²) < 4.78 is 0. The molecule has 0 spiro atoms. The zero-order valence-electron chi connectivity index (χ0n) is 37.4. The Balaban J connectivity index is 0.983. The van der Waals surface area contributed by atoms with Crippen molar-refractivity contribution >= 4 is 49.4 Å². The van der Waals surface area contributed by atoms with Crippen molar-refractivity contribution in [3.05, 3.63) is 295 Å². The van der Waals surface area contributed by atoms with E-state index in [-0.39, 0.29) is 0 Å². The first-order valence-corrected chi connectivity index (χ1v) is 23.6. The summed E-state index contributed by atoms with van der Waals surface area (Å²) >= 11 is 0. The Morgan fingerprint density at radius 3 is 1.43 bits per heavy atom. The van der Waals surface area contributed by atoms with Crippen LogP contribution in [0.1, 0.15) is 22.3 Å². The molecule has 12 aromatic carbocycles. The van der Waals surface area contributed by atoms with Gasteiger partial charge < -0.3 is 4.90 Å². The normalized spacial score (nSPS) is 12.5. The molecule has 13 rings (SSSR count). The quantitative estimate of drug-likeness (QED) is 0.138. The van der Waals surface area contributed by atoms with Gasteiger partial charge in [-0.2, -0.15) is 0 Å². The molecule has 0 amide bonds. The Morgan fingerprint density at radius 2 is 0.735 bits per heavy atom. The van der Waals surface area contributed by atoms with E-state index in [1.165, 1.54) is 99.1 Å². The van der Waals surface area contributed by atoms with Gasteiger partial charge in [0.2, 0.25) is 0 Å². The first-order valence-electron chi connectivity index (χ1n) is 23.6. The van der Waals surface area contributed by atoms with Crippen LogP contribution >= 0.6 is 0 Å². The van der Waals surface area contributed by atoms with Gasteiger partial charge in [-0.1, -0.05) is 231 Å². The van der Waals surface area contributed by atoms with Crippen molar-refractivity contribution in [2.24, 2.45) is 0 Å². The second-order valence-corrected chi connectivity index (χ2v) is 18.0. The van der Waals surface area contributed by atoms with Crippen molar-refractivity contribution in [2.45, 2.75) is 5.41 Å². The fourth-order valence-electron chi connectivity index (χ4n) is 11.3. The standard InChI is InChI=1S/C67H45N/c1-5-20-48(21-6-1)65-60-31-16-15-29-57(60)58-41-36-51(44-62(58)66(65)49-22-7-2-8-23-49)47-33-37-54(38-34-47)68(55-39-35-46-19-13-14-24-50(46)43-55)56-40-42-64-61(45-56)59-30-17-18-32-63(59)67(64,52-25-9-3-10-26-52)53-27-11-4-12-28-53/h1-45H. The lowest BCUT2D eigenvalue weighted by Crippen LogP contribution is -2.28. The predicted octanol–water partition coefficient (Wildman–Crippen LogP) is 18.0. The fraction of sp³-hybridized carbons (Fsp3) is 0.0149. The van der Waals surface area contributed by atoms with E-state index in [1.54, 1.807) is 0 Å². The molecule has 0 aliphatic heterocycles. The number of hydrogen-bond donors (Lipinski definition) is 0. The monoisotopic (exact) mass is 863 g/mol. The van der Waals surface area contributed by atoms with Crippen LogP contribution in [0.5, 0.6) is 0 Å². The second-order valence-electron chi connectivity index (χ2n) is 18.0. The molecule has 0 saturated carbocycles. The molecule has 0 aromatic heterocycles. The van der Waals surface area contributed by atoms with Crippen LogP contribution in [-0.4, -0.2) is 0 Å². The Labute approximate surface area is 397 Å². The predicted molar refractivity (Wildman–Crippen MR) is 287 cm³/mol. The van der Waals surface area contributed by atoms with Gasteiger partial charge >= 0.3 is 0 Å². The molecule has 1 aliphatic carbocycles. The molecule has 0 radical (unpaired) electrons. The van der Waals surface area contributed by atoms with Crippen LogP contribution in [0.4, 0.5) is 17.1 Å². The van der Waals surface area contributed by atoms with Gasteiger partial charge in [-0.15, -0.1) is 0 Å². The lowest BCUT2D eigenvalue weighted by molar-refractivity contribution is 0.768. The zero-order valence-corrected chi connectivity index (χ0v) is 37.4. The average molecular weight is 864 g/mol. The van der Waals surface area contributed by atoms with Gasteiger partial charge in [0.05, 0.1) is 5.41 Å². The maximum atomic E-state index is 2.43. The van der Waals surface area contributed by atoms with Crippen LogP contribution in [0.25, 0.3) is 76.8 Å². The SMILES string of the molecule is c1ccc(-c2c(-c3ccccc3)c3cc(-c4ccc(N(c5ccc6c(c5)-c5ccccc5C6(c5ccccc5)c5ccccc5)c5ccc6ccccc6c5)cc4)ccc3c3ccccc23)cc1. The molecule has 1 heteroatoms. The molecular formula is C67H45N. The minimum Gasteiger partial charge on any atom is -0.310 e. The third-order valence-corrected chi connectivity index (χ3v) is 14.3. The van der Waals surface area contributed by atoms with Crippen molar-refractivity contribution in [3.63, 3.8) is 0 Å². The maximum Gasteiger partial charge on any atom is 0.0713 e. The number of fused-ring (bicyclic) bond motifs is 7. The highest BCUT2D eigenvalue weighted by molar-refractivity contribution is 6.22. The second kappa shape index (κ2) is 16.3. The Kier molecular flexibility index (Phi) is 9.47. The van der Waals surface area contributed by atoms with Gasteiger partial charge in [0.1, 0.15) is 0 Å². The van der Waals surface area contributed by atoms with Crippen molar-refractivity contribution in [3.8, 4) is 44.5 Å². The first kappa shape index (κ1) is 39.6. The summed E-state index contributed by atoms with van der Waals surface area (Å²) in [4.78, 5) is 2.43. The molecule has 318 valence electrons. The number of nitrogens with zero attached hydrogens (tertiary/aromatic N) is 1. The molecule has 1 nitrogen and oxygen atoms in total. The third-order valence-electron chi connectivity index (χ3n) is 14.3. The summed E-state index contributed by atoms with van der Waals surface area (Å²) in [7, 11) is 0. The summed E-state index contributed by atoms with van der Waals surface area (Å²) in [5.74, 6) is 0. The van der Waals surface area contributed by atoms with E-state index in [4.69, 9.17) is 0 Å². The Hall–Kier alpha value is -8.78. The highest BCUT2D eigenvalue weighted by Crippen LogP contribution is 2.57. The summed E-state index contributed by atoms with van der Waals surface area (Å²) in [6.07, 6.45) is 0. The molecular weight excluding hydrogens is 819 g/mol. The van der Waals surface area contributed by atoms with Crippen molar-refractivity contribution in [1.29, 1.82) is 0 Å². The molecule has 0 fully saturated rings. The highest BCUT2D eigenvalue weighted by Gasteiger charge is 2.46. The molecule has 0 saturated heterocycles. The van der Waals surface area contributed by atoms with Crippen molar-refractivity contribution in [1.82, 2.24) is 0 Å². The highest BCUT2D eigenvalue weighted by atomic mass is 15.1. The molecule has 1 aliphatic rings. The summed E-state index contributed by atoms with van der Waals surface area (Å²) in [6, 6.07) is 101. The molecule has 0 bridgehead atoms. The lowest BCUT2D eigenvalue weighted by Gasteiger charge is -2.34. The smallest absolute Gasteiger partial charge is 0.0713 e. The van der Waals surface area contributed by atoms with Crippen LogP contribution in [0.2, 0.25) is 0 Å². The van der Waals surface area contributed by atoms with Gasteiger partial charge in [0, 0.05) is 17.1 Å². The molecule has 68 heavy (non-hydrogen) atoms. The summed E-state index contributed by atoms with van der Waals surface area (Å²) in [5, 5.41) is 7.45. The van der Waals surface area contributed by atoms with Gasteiger partial charge in [0.25, 0.3) is 0 Å². The minimum absolute atomic E-state index is 0.462. The van der Waals surface area contributed by atoms with Crippen LogP contribution in [0, 0.1) is 0 Å². The lowest BCUT2D eigenvalue weighted by atomic mass is 9.68. The molecule has 0 heterocycles. The zero-order chi connectivity index (χ0) is 45.0. The van der Waals surface area contributed by atoms with Gasteiger partial charge in [-0.25, -0.2) is 0 Å². The molecule has 0 N–H and O–H groups in total. The molecule has 0 unspecified atom stereocenters. The number of benzene rings is 12. The fourth-order valence-corrected chi connectivity index (χ4v) is 11.3. The van der Waals surface area contributed by atoms with Gasteiger partial charge in [-0.3, -0.25) is 0 Å². The first-order chi connectivity index (χ1) is 33.7. The Bertz CT molecular complexity index is 3780. The van der Waals surface area contributed by atoms with E-state index in [0.717, 1.165) is 17.1 Å². The van der Waals surface area contributed by atoms with Crippen LogP contribution < -0.4 is 4.90 Å². The van der Waals surface area contributed by atoms with Crippen molar-refractivity contribution < 1.29 is 0 Å². The number of rotatable bonds is 8. The van der Waals surface area contributed by atoms with Crippen LogP contribution in [-0.2, 0) is 5.41 Å². The van der Waals surface area contributed by atoms with E-state index >= 15 is 0 Å².